The molecule has 1 heterocycles. The maximum Gasteiger partial charge on any atom is 0.317 e. The Bertz CT molecular complexity index is 681. The van der Waals surface area contributed by atoms with E-state index < -0.39 is 0 Å². The van der Waals surface area contributed by atoms with Crippen molar-refractivity contribution >= 4 is 11.9 Å². The van der Waals surface area contributed by atoms with Crippen LogP contribution in [0.4, 0.5) is 9.18 Å². The average molecular weight is 345 g/mol. The van der Waals surface area contributed by atoms with Crippen molar-refractivity contribution in [3.63, 3.8) is 0 Å². The van der Waals surface area contributed by atoms with Crippen LogP contribution in [0.5, 0.6) is 0 Å². The zero-order valence-corrected chi connectivity index (χ0v) is 14.5. The summed E-state index contributed by atoms with van der Waals surface area (Å²) in [6, 6.07) is 4.69. The van der Waals surface area contributed by atoms with E-state index in [0.717, 1.165) is 19.3 Å². The van der Waals surface area contributed by atoms with Gasteiger partial charge in [-0.25, -0.2) is 9.18 Å². The number of aryl methyl sites for hydroxylation is 1. The number of nitrogens with zero attached hydrogens (tertiary/aromatic N) is 2. The summed E-state index contributed by atoms with van der Waals surface area (Å²) in [4.78, 5) is 28.2. The largest absolute Gasteiger partial charge is 0.335 e. The summed E-state index contributed by atoms with van der Waals surface area (Å²) >= 11 is 0. The summed E-state index contributed by atoms with van der Waals surface area (Å²) in [5, 5.41) is 3.06. The molecular formula is C19H24FN3O2. The van der Waals surface area contributed by atoms with Crippen molar-refractivity contribution in [3.8, 4) is 0 Å². The predicted octanol–water partition coefficient (Wildman–Crippen LogP) is 2.71. The Morgan fingerprint density at radius 2 is 1.84 bits per heavy atom. The third kappa shape index (κ3) is 4.18. The van der Waals surface area contributed by atoms with Crippen molar-refractivity contribution in [1.29, 1.82) is 0 Å². The summed E-state index contributed by atoms with van der Waals surface area (Å²) in [7, 11) is 0. The molecule has 25 heavy (non-hydrogen) atoms. The normalized spacial score (nSPS) is 20.5. The number of carbonyl (C=O) groups is 2. The van der Waals surface area contributed by atoms with Crippen molar-refractivity contribution in [2.24, 2.45) is 0 Å². The van der Waals surface area contributed by atoms with Gasteiger partial charge in [0.2, 0.25) is 0 Å². The molecule has 0 saturated carbocycles. The van der Waals surface area contributed by atoms with Gasteiger partial charge in [0.1, 0.15) is 5.82 Å². The molecule has 1 aliphatic heterocycles. The molecule has 1 aromatic rings. The van der Waals surface area contributed by atoms with E-state index in [0.29, 0.717) is 37.3 Å². The Morgan fingerprint density at radius 1 is 1.12 bits per heavy atom. The lowest BCUT2D eigenvalue weighted by molar-refractivity contribution is 0.0662. The van der Waals surface area contributed by atoms with Gasteiger partial charge >= 0.3 is 6.03 Å². The van der Waals surface area contributed by atoms with Crippen molar-refractivity contribution < 1.29 is 14.0 Å². The number of benzene rings is 1. The molecule has 2 aliphatic rings. The fourth-order valence-corrected chi connectivity index (χ4v) is 3.21. The number of carbonyl (C=O) groups excluding carboxylic acids is 2. The molecule has 1 atom stereocenters. The standard InChI is InChI=1S/C19H24FN3O2/c1-14-7-8-15(13-17(14)20)18(24)22-9-11-23(12-10-22)19(25)21-16-5-3-2-4-6-16/h2-3,7-8,13,16H,4-6,9-12H2,1H3,(H,21,25). The molecular weight excluding hydrogens is 321 g/mol. The van der Waals surface area contributed by atoms with E-state index in [4.69, 9.17) is 0 Å². The molecule has 5 nitrogen and oxygen atoms in total. The molecule has 1 aliphatic carbocycles. The van der Waals surface area contributed by atoms with Crippen LogP contribution in [0.3, 0.4) is 0 Å². The quantitative estimate of drug-likeness (QED) is 0.838. The number of rotatable bonds is 2. The zero-order chi connectivity index (χ0) is 17.8. The summed E-state index contributed by atoms with van der Waals surface area (Å²) in [6.45, 7) is 3.59. The van der Waals surface area contributed by atoms with Gasteiger partial charge in [-0.1, -0.05) is 18.2 Å². The predicted molar refractivity (Wildman–Crippen MR) is 93.9 cm³/mol. The highest BCUT2D eigenvalue weighted by Gasteiger charge is 2.26. The Kier molecular flexibility index (Phi) is 5.36. The maximum atomic E-state index is 13.7. The molecule has 3 rings (SSSR count). The van der Waals surface area contributed by atoms with E-state index in [1.165, 1.54) is 6.07 Å². The van der Waals surface area contributed by atoms with Gasteiger partial charge in [-0.2, -0.15) is 0 Å². The number of hydrogen-bond donors (Lipinski definition) is 1. The van der Waals surface area contributed by atoms with Gasteiger partial charge in [0.15, 0.2) is 0 Å². The van der Waals surface area contributed by atoms with Crippen LogP contribution in [0.25, 0.3) is 0 Å². The van der Waals surface area contributed by atoms with Gasteiger partial charge in [-0.15, -0.1) is 0 Å². The third-order valence-corrected chi connectivity index (χ3v) is 4.87. The maximum absolute atomic E-state index is 13.7. The Hall–Kier alpha value is -2.37. The van der Waals surface area contributed by atoms with Crippen molar-refractivity contribution in [3.05, 3.63) is 47.3 Å². The van der Waals surface area contributed by atoms with Gasteiger partial charge in [-0.3, -0.25) is 4.79 Å². The van der Waals surface area contributed by atoms with Gasteiger partial charge in [0.25, 0.3) is 5.91 Å². The smallest absolute Gasteiger partial charge is 0.317 e. The first-order valence-electron chi connectivity index (χ1n) is 8.80. The second kappa shape index (κ2) is 7.68. The minimum absolute atomic E-state index is 0.0613. The highest BCUT2D eigenvalue weighted by atomic mass is 19.1. The third-order valence-electron chi connectivity index (χ3n) is 4.87. The molecule has 6 heteroatoms. The molecule has 0 radical (unpaired) electrons. The molecule has 134 valence electrons. The topological polar surface area (TPSA) is 52.7 Å². The van der Waals surface area contributed by atoms with E-state index in [1.807, 2.05) is 0 Å². The number of halogens is 1. The minimum Gasteiger partial charge on any atom is -0.335 e. The molecule has 1 N–H and O–H groups in total. The summed E-state index contributed by atoms with van der Waals surface area (Å²) in [5.41, 5.74) is 0.880. The summed E-state index contributed by atoms with van der Waals surface area (Å²) in [5.74, 6) is -0.554. The van der Waals surface area contributed by atoms with E-state index in [2.05, 4.69) is 17.5 Å². The molecule has 0 spiro atoms. The lowest BCUT2D eigenvalue weighted by Crippen LogP contribution is -2.54. The number of hydrogen-bond acceptors (Lipinski definition) is 2. The monoisotopic (exact) mass is 345 g/mol. The SMILES string of the molecule is Cc1ccc(C(=O)N2CCN(C(=O)NC3CC=CCC3)CC2)cc1F. The summed E-state index contributed by atoms with van der Waals surface area (Å²) in [6.07, 6.45) is 7.09. The molecule has 1 unspecified atom stereocenters. The van der Waals surface area contributed by atoms with E-state index in [9.17, 15) is 14.0 Å². The highest BCUT2D eigenvalue weighted by Crippen LogP contribution is 2.14. The number of nitrogens with one attached hydrogen (secondary N) is 1. The number of allylic oxidation sites excluding steroid dienone is 1. The first kappa shape index (κ1) is 17.5. The number of amides is 3. The van der Waals surface area contributed by atoms with Crippen molar-refractivity contribution in [2.45, 2.75) is 32.2 Å². The molecule has 1 fully saturated rings. The van der Waals surface area contributed by atoms with Crippen LogP contribution < -0.4 is 5.32 Å². The fraction of sp³-hybridized carbons (Fsp3) is 0.474. The minimum atomic E-state index is -0.370. The van der Waals surface area contributed by atoms with Crippen molar-refractivity contribution in [1.82, 2.24) is 15.1 Å². The van der Waals surface area contributed by atoms with E-state index in [-0.39, 0.29) is 23.8 Å². The first-order chi connectivity index (χ1) is 12.0. The van der Waals surface area contributed by atoms with Crippen LogP contribution in [0.2, 0.25) is 0 Å². The van der Waals surface area contributed by atoms with Crippen molar-refractivity contribution in [2.75, 3.05) is 26.2 Å². The van der Waals surface area contributed by atoms with Gasteiger partial charge in [0, 0.05) is 37.8 Å². The van der Waals surface area contributed by atoms with Crippen LogP contribution in [-0.4, -0.2) is 54.0 Å². The van der Waals surface area contributed by atoms with Gasteiger partial charge < -0.3 is 15.1 Å². The fourth-order valence-electron chi connectivity index (χ4n) is 3.21. The van der Waals surface area contributed by atoms with E-state index in [1.54, 1.807) is 28.9 Å². The highest BCUT2D eigenvalue weighted by molar-refractivity contribution is 5.94. The van der Waals surface area contributed by atoms with Crippen LogP contribution in [0.1, 0.15) is 35.2 Å². The lowest BCUT2D eigenvalue weighted by atomic mass is 10.0. The van der Waals surface area contributed by atoms with Crippen LogP contribution in [0, 0.1) is 12.7 Å². The molecule has 0 bridgehead atoms. The first-order valence-corrected chi connectivity index (χ1v) is 8.80. The Morgan fingerprint density at radius 3 is 2.48 bits per heavy atom. The molecule has 1 aromatic carbocycles. The molecule has 0 aromatic heterocycles. The van der Waals surface area contributed by atoms with E-state index >= 15 is 0 Å². The molecule has 3 amide bonds. The second-order valence-corrected chi connectivity index (χ2v) is 6.67. The summed E-state index contributed by atoms with van der Waals surface area (Å²) < 4.78 is 13.7. The van der Waals surface area contributed by atoms with Crippen LogP contribution >= 0.6 is 0 Å². The second-order valence-electron chi connectivity index (χ2n) is 6.67. The van der Waals surface area contributed by atoms with Crippen LogP contribution in [-0.2, 0) is 0 Å². The zero-order valence-electron chi connectivity index (χ0n) is 14.5. The number of piperazine rings is 1. The van der Waals surface area contributed by atoms with Crippen LogP contribution in [0.15, 0.2) is 30.4 Å². The number of urea groups is 1. The van der Waals surface area contributed by atoms with Gasteiger partial charge in [0.05, 0.1) is 0 Å². The Labute approximate surface area is 147 Å². The Balaban J connectivity index is 1.52. The molecule has 1 saturated heterocycles. The lowest BCUT2D eigenvalue weighted by Gasteiger charge is -2.35. The van der Waals surface area contributed by atoms with Gasteiger partial charge in [-0.05, 0) is 43.9 Å². The average Bonchev–Trinajstić information content (AvgIpc) is 2.64.